The van der Waals surface area contributed by atoms with Crippen LogP contribution in [0.25, 0.3) is 0 Å². The van der Waals surface area contributed by atoms with Crippen molar-refractivity contribution in [3.63, 3.8) is 0 Å². The summed E-state index contributed by atoms with van der Waals surface area (Å²) in [6.45, 7) is 11.3. The number of hydrogen-bond acceptors (Lipinski definition) is 8. The van der Waals surface area contributed by atoms with Gasteiger partial charge in [-0.05, 0) is 51.4 Å². The Morgan fingerprint density at radius 1 is 0.286 bits per heavy atom. The number of nitrogens with zero attached hydrogens (tertiary/aromatic N) is 4. The molecule has 77 heavy (non-hydrogen) atoms. The van der Waals surface area contributed by atoms with E-state index in [4.69, 9.17) is 20.4 Å². The minimum atomic E-state index is -0.859. The molecule has 4 N–H and O–H groups in total. The van der Waals surface area contributed by atoms with Gasteiger partial charge in [-0.3, -0.25) is 19.2 Å². The van der Waals surface area contributed by atoms with E-state index in [-0.39, 0.29) is 23.6 Å². The summed E-state index contributed by atoms with van der Waals surface area (Å²) in [7, 11) is 0. The maximum atomic E-state index is 11.7. The lowest BCUT2D eigenvalue weighted by Gasteiger charge is -2.21. The second-order valence-electron chi connectivity index (χ2n) is 22.2. The number of hydrogen-bond donors (Lipinski definition) is 4. The predicted molar refractivity (Wildman–Crippen MR) is 305 cm³/mol. The lowest BCUT2D eigenvalue weighted by atomic mass is 10.1. The first-order chi connectivity index (χ1) is 37.2. The number of unbranched alkanes of at least 4 members (excludes halogenated alkanes) is 29. The summed E-state index contributed by atoms with van der Waals surface area (Å²) in [5.41, 5.74) is 0. The number of amides is 4. The van der Waals surface area contributed by atoms with Gasteiger partial charge in [0.25, 0.3) is 0 Å². The molecule has 0 saturated carbocycles. The highest BCUT2D eigenvalue weighted by atomic mass is 16.4. The molecule has 0 aromatic heterocycles. The summed E-state index contributed by atoms with van der Waals surface area (Å²) >= 11 is 0. The monoisotopic (exact) mass is 1090 g/mol. The maximum Gasteiger partial charge on any atom is 0.326 e. The molecular weight excluding hydrogens is 981 g/mol. The highest BCUT2D eigenvalue weighted by Crippen LogP contribution is 2.24. The van der Waals surface area contributed by atoms with Crippen molar-refractivity contribution in [3.05, 3.63) is 0 Å². The third-order valence-electron chi connectivity index (χ3n) is 15.7. The summed E-state index contributed by atoms with van der Waals surface area (Å²) in [6.07, 6.45) is 43.9. The minimum Gasteiger partial charge on any atom is -0.480 e. The molecule has 446 valence electrons. The van der Waals surface area contributed by atoms with E-state index >= 15 is 0 Å². The van der Waals surface area contributed by atoms with Crippen LogP contribution >= 0.6 is 0 Å². The van der Waals surface area contributed by atoms with Crippen molar-refractivity contribution >= 4 is 47.5 Å². The summed E-state index contributed by atoms with van der Waals surface area (Å²) in [5, 5.41) is 36.1. The Hall–Kier alpha value is -4.24. The Morgan fingerprint density at radius 3 is 0.571 bits per heavy atom. The zero-order valence-corrected chi connectivity index (χ0v) is 49.0. The van der Waals surface area contributed by atoms with E-state index in [1.165, 1.54) is 161 Å². The van der Waals surface area contributed by atoms with E-state index in [1.54, 1.807) is 19.6 Å². The Balaban J connectivity index is 0.000000517. The number of aliphatic carboxylic acids is 4. The fourth-order valence-electron chi connectivity index (χ4n) is 10.9. The lowest BCUT2D eigenvalue weighted by Crippen LogP contribution is -2.39. The number of carboxylic acids is 4. The largest absolute Gasteiger partial charge is 0.480 e. The highest BCUT2D eigenvalue weighted by molar-refractivity contribution is 5.89. The van der Waals surface area contributed by atoms with Crippen LogP contribution in [0.15, 0.2) is 0 Å². The van der Waals surface area contributed by atoms with Crippen molar-refractivity contribution in [2.24, 2.45) is 0 Å². The molecule has 0 aromatic rings. The maximum absolute atomic E-state index is 11.7. The van der Waals surface area contributed by atoms with Crippen LogP contribution in [0.3, 0.4) is 0 Å². The highest BCUT2D eigenvalue weighted by Gasteiger charge is 2.38. The molecule has 4 aliphatic heterocycles. The Bertz CT molecular complexity index is 1650. The number of carbonyl (C=O) groups excluding carboxylic acids is 4. The Morgan fingerprint density at radius 2 is 0.429 bits per heavy atom. The van der Waals surface area contributed by atoms with Crippen molar-refractivity contribution in [2.45, 2.75) is 315 Å². The van der Waals surface area contributed by atoms with E-state index in [0.29, 0.717) is 77.5 Å². The molecule has 0 unspecified atom stereocenters. The molecule has 0 spiro atoms. The predicted octanol–water partition coefficient (Wildman–Crippen LogP) is 13.2. The number of carbonyl (C=O) groups is 8. The molecule has 0 aromatic carbocycles. The average molecular weight is 1090 g/mol. The molecule has 0 radical (unpaired) electrons. The van der Waals surface area contributed by atoms with Crippen LogP contribution in [0.2, 0.25) is 0 Å². The molecule has 4 heterocycles. The zero-order valence-electron chi connectivity index (χ0n) is 49.0. The van der Waals surface area contributed by atoms with Gasteiger partial charge in [0.1, 0.15) is 24.2 Å². The summed E-state index contributed by atoms with van der Waals surface area (Å²) in [4.78, 5) is 96.6. The summed E-state index contributed by atoms with van der Waals surface area (Å²) in [6, 6.07) is -2.29. The second-order valence-corrected chi connectivity index (χ2v) is 22.2. The van der Waals surface area contributed by atoms with Crippen LogP contribution in [-0.4, -0.2) is 138 Å². The van der Waals surface area contributed by atoms with E-state index < -0.39 is 48.0 Å². The second kappa shape index (κ2) is 45.6. The van der Waals surface area contributed by atoms with Gasteiger partial charge in [0.2, 0.25) is 23.6 Å². The van der Waals surface area contributed by atoms with Gasteiger partial charge in [0, 0.05) is 51.9 Å². The average Bonchev–Trinajstić information content (AvgIpc) is 4.18. The molecule has 4 fully saturated rings. The van der Waals surface area contributed by atoms with Gasteiger partial charge in [-0.15, -0.1) is 0 Å². The van der Waals surface area contributed by atoms with Gasteiger partial charge >= 0.3 is 23.9 Å². The molecule has 4 saturated heterocycles. The number of carboxylic acid groups (broad SMARTS) is 4. The van der Waals surface area contributed by atoms with Gasteiger partial charge in [-0.1, -0.05) is 214 Å². The smallest absolute Gasteiger partial charge is 0.326 e. The van der Waals surface area contributed by atoms with Gasteiger partial charge in [0.15, 0.2) is 0 Å². The van der Waals surface area contributed by atoms with Crippen LogP contribution in [0.1, 0.15) is 291 Å². The Labute approximate surface area is 465 Å². The van der Waals surface area contributed by atoms with E-state index in [2.05, 4.69) is 27.7 Å². The standard InChI is InChI=1S/C19H35NO3.C15H27NO3.C14H25NO3.C13H23NO3/c1-2-3-4-5-6-7-8-9-10-11-12-13-16-20-17(19(22)23)14-15-18(20)21;1-2-3-4-5-6-7-8-9-12-16-13(15(18)19)10-11-14(16)17;1-2-3-4-5-6-7-8-11-15-12(14(17)18)9-10-13(15)16;1-2-3-4-5-6-7-10-14-11(13(16)17)8-9-12(14)15/h17H,2-16H2,1H3,(H,22,23);13H,2-12H2,1H3,(H,18,19);12H,2-11H2,1H3,(H,17,18);11H,2-10H2,1H3,(H,16,17)/t17-;13-;12-;11-/m0000/s1. The third kappa shape index (κ3) is 31.8. The first-order valence-corrected chi connectivity index (χ1v) is 31.2. The lowest BCUT2D eigenvalue weighted by molar-refractivity contribution is -0.146. The number of likely N-dealkylation sites (tertiary alicyclic amines) is 4. The first-order valence-electron chi connectivity index (χ1n) is 31.2. The molecule has 4 aliphatic rings. The normalized spacial score (nSPS) is 19.0. The van der Waals surface area contributed by atoms with E-state index in [9.17, 15) is 38.4 Å². The fourth-order valence-corrected chi connectivity index (χ4v) is 10.9. The van der Waals surface area contributed by atoms with Gasteiger partial charge in [0.05, 0.1) is 0 Å². The van der Waals surface area contributed by atoms with Crippen molar-refractivity contribution in [2.75, 3.05) is 26.2 Å². The molecule has 4 rings (SSSR count). The minimum absolute atomic E-state index is 0.00552. The Kier molecular flexibility index (Phi) is 41.9. The van der Waals surface area contributed by atoms with Gasteiger partial charge < -0.3 is 40.0 Å². The molecule has 0 bridgehead atoms. The van der Waals surface area contributed by atoms with Crippen molar-refractivity contribution in [1.29, 1.82) is 0 Å². The number of rotatable bonds is 41. The van der Waals surface area contributed by atoms with Crippen molar-refractivity contribution in [1.82, 2.24) is 19.6 Å². The van der Waals surface area contributed by atoms with E-state index in [0.717, 1.165) is 51.4 Å². The van der Waals surface area contributed by atoms with Crippen LogP contribution in [0.4, 0.5) is 0 Å². The topological polar surface area (TPSA) is 230 Å². The third-order valence-corrected chi connectivity index (χ3v) is 15.7. The van der Waals surface area contributed by atoms with Gasteiger partial charge in [-0.25, -0.2) is 19.2 Å². The van der Waals surface area contributed by atoms with Crippen LogP contribution in [0.5, 0.6) is 0 Å². The van der Waals surface area contributed by atoms with Crippen molar-refractivity contribution < 1.29 is 58.8 Å². The SMILES string of the molecule is CCCCCCCCCCCCCCN1C(=O)CC[C@H]1C(=O)O.CCCCCCCCCCN1C(=O)CC[C@H]1C(=O)O.CCCCCCCCCN1C(=O)CC[C@H]1C(=O)O.CCCCCCCCN1C(=O)CC[C@H]1C(=O)O. The molecule has 4 atom stereocenters. The van der Waals surface area contributed by atoms with E-state index in [1.807, 2.05) is 0 Å². The molecule has 0 aliphatic carbocycles. The van der Waals surface area contributed by atoms with Gasteiger partial charge in [-0.2, -0.15) is 0 Å². The molecular formula is C61H110N4O12. The van der Waals surface area contributed by atoms with Crippen molar-refractivity contribution in [3.8, 4) is 0 Å². The zero-order chi connectivity index (χ0) is 57.1. The fraction of sp³-hybridized carbons (Fsp3) is 0.869. The summed E-state index contributed by atoms with van der Waals surface area (Å²) < 4.78 is 0. The molecule has 4 amide bonds. The summed E-state index contributed by atoms with van der Waals surface area (Å²) in [5.74, 6) is -3.39. The molecule has 16 heteroatoms. The quantitative estimate of drug-likeness (QED) is 0.0419. The van der Waals surface area contributed by atoms with Crippen LogP contribution in [0, 0.1) is 0 Å². The van der Waals surface area contributed by atoms with Crippen LogP contribution < -0.4 is 0 Å². The molecule has 16 nitrogen and oxygen atoms in total. The first kappa shape index (κ1) is 70.8. The van der Waals surface area contributed by atoms with Crippen LogP contribution in [-0.2, 0) is 38.4 Å².